The van der Waals surface area contributed by atoms with Crippen molar-refractivity contribution in [2.45, 2.75) is 31.4 Å². The van der Waals surface area contributed by atoms with E-state index in [0.29, 0.717) is 6.04 Å². The molecule has 1 heterocycles. The van der Waals surface area contributed by atoms with Crippen LogP contribution in [0.2, 0.25) is 0 Å². The van der Waals surface area contributed by atoms with Gasteiger partial charge in [-0.2, -0.15) is 0 Å². The van der Waals surface area contributed by atoms with E-state index in [1.807, 2.05) is 0 Å². The predicted molar refractivity (Wildman–Crippen MR) is 46.5 cm³/mol. The van der Waals surface area contributed by atoms with Crippen LogP contribution in [-0.2, 0) is 0 Å². The Hall–Kier alpha value is -0.340. The van der Waals surface area contributed by atoms with Crippen molar-refractivity contribution in [3.05, 3.63) is 12.7 Å². The van der Waals surface area contributed by atoms with Crippen LogP contribution >= 0.6 is 0 Å². The Kier molecular flexibility index (Phi) is 2.35. The van der Waals surface area contributed by atoms with E-state index in [-0.39, 0.29) is 0 Å². The Balaban J connectivity index is 2.58. The number of nitrogens with zero attached hydrogens (tertiary/aromatic N) is 1. The molecule has 1 N–H and O–H groups in total. The van der Waals surface area contributed by atoms with Crippen molar-refractivity contribution < 1.29 is 5.11 Å². The molecule has 0 aromatic heterocycles. The lowest BCUT2D eigenvalue weighted by Gasteiger charge is -2.39. The maximum absolute atomic E-state index is 9.82. The highest BCUT2D eigenvalue weighted by atomic mass is 16.3. The third-order valence-electron chi connectivity index (χ3n) is 2.68. The summed E-state index contributed by atoms with van der Waals surface area (Å²) in [5, 5.41) is 9.82. The molecule has 2 unspecified atom stereocenters. The van der Waals surface area contributed by atoms with Gasteiger partial charge in [-0.1, -0.05) is 6.08 Å². The first-order valence-corrected chi connectivity index (χ1v) is 4.13. The quantitative estimate of drug-likeness (QED) is 0.571. The van der Waals surface area contributed by atoms with Crippen LogP contribution < -0.4 is 0 Å². The molecule has 0 aromatic carbocycles. The highest BCUT2D eigenvalue weighted by molar-refractivity contribution is 5.00. The van der Waals surface area contributed by atoms with Crippen molar-refractivity contribution in [2.24, 2.45) is 0 Å². The Bertz CT molecular complexity index is 158. The summed E-state index contributed by atoms with van der Waals surface area (Å²) in [5.41, 5.74) is -0.605. The van der Waals surface area contributed by atoms with E-state index >= 15 is 0 Å². The van der Waals surface area contributed by atoms with E-state index in [0.717, 1.165) is 19.4 Å². The standard InChI is InChI=1S/C9H17NO/c1-4-9(11)5-6-10(3)8(2)7-9/h4,8,11H,1,5-7H2,2-3H3. The first-order chi connectivity index (χ1) is 5.07. The van der Waals surface area contributed by atoms with Crippen LogP contribution in [0.5, 0.6) is 0 Å². The SMILES string of the molecule is C=CC1(O)CCN(C)C(C)C1. The van der Waals surface area contributed by atoms with Gasteiger partial charge in [-0.05, 0) is 26.8 Å². The molecule has 1 fully saturated rings. The third kappa shape index (κ3) is 1.82. The van der Waals surface area contributed by atoms with Crippen LogP contribution in [0, 0.1) is 0 Å². The fourth-order valence-corrected chi connectivity index (χ4v) is 1.55. The molecule has 0 aromatic rings. The van der Waals surface area contributed by atoms with Gasteiger partial charge in [-0.15, -0.1) is 6.58 Å². The smallest absolute Gasteiger partial charge is 0.0852 e. The third-order valence-corrected chi connectivity index (χ3v) is 2.68. The van der Waals surface area contributed by atoms with Crippen molar-refractivity contribution in [1.82, 2.24) is 4.90 Å². The molecule has 64 valence electrons. The molecule has 0 aliphatic carbocycles. The molecular formula is C9H17NO. The highest BCUT2D eigenvalue weighted by Crippen LogP contribution is 2.26. The van der Waals surface area contributed by atoms with Crippen molar-refractivity contribution in [2.75, 3.05) is 13.6 Å². The van der Waals surface area contributed by atoms with Crippen LogP contribution in [0.3, 0.4) is 0 Å². The molecule has 1 rings (SSSR count). The summed E-state index contributed by atoms with van der Waals surface area (Å²) in [6.45, 7) is 6.74. The Morgan fingerprint density at radius 1 is 1.73 bits per heavy atom. The first kappa shape index (κ1) is 8.75. The molecular weight excluding hydrogens is 138 g/mol. The van der Waals surface area contributed by atoms with E-state index in [9.17, 15) is 5.11 Å². The molecule has 0 amide bonds. The molecule has 1 aliphatic rings. The minimum atomic E-state index is -0.605. The Morgan fingerprint density at radius 3 is 2.82 bits per heavy atom. The molecule has 1 aliphatic heterocycles. The van der Waals surface area contributed by atoms with Gasteiger partial charge in [0, 0.05) is 12.6 Å². The average molecular weight is 155 g/mol. The van der Waals surface area contributed by atoms with Gasteiger partial charge in [-0.3, -0.25) is 0 Å². The number of hydrogen-bond acceptors (Lipinski definition) is 2. The summed E-state index contributed by atoms with van der Waals surface area (Å²) >= 11 is 0. The van der Waals surface area contributed by atoms with Gasteiger partial charge in [0.05, 0.1) is 5.60 Å². The highest BCUT2D eigenvalue weighted by Gasteiger charge is 2.31. The molecule has 1 saturated heterocycles. The molecule has 2 nitrogen and oxygen atoms in total. The monoisotopic (exact) mass is 155 g/mol. The largest absolute Gasteiger partial charge is 0.386 e. The molecule has 0 radical (unpaired) electrons. The molecule has 0 spiro atoms. The zero-order valence-corrected chi connectivity index (χ0v) is 7.38. The maximum atomic E-state index is 9.82. The lowest BCUT2D eigenvalue weighted by molar-refractivity contribution is 0.00249. The Labute approximate surface area is 68.5 Å². The number of aliphatic hydroxyl groups is 1. The minimum Gasteiger partial charge on any atom is -0.386 e. The fourth-order valence-electron chi connectivity index (χ4n) is 1.55. The van der Waals surface area contributed by atoms with E-state index in [4.69, 9.17) is 0 Å². The summed E-state index contributed by atoms with van der Waals surface area (Å²) in [7, 11) is 2.09. The normalized spacial score (nSPS) is 40.5. The van der Waals surface area contributed by atoms with E-state index < -0.39 is 5.60 Å². The second-order valence-electron chi connectivity index (χ2n) is 3.59. The summed E-state index contributed by atoms with van der Waals surface area (Å²) in [6, 6.07) is 0.465. The van der Waals surface area contributed by atoms with Crippen LogP contribution in [0.15, 0.2) is 12.7 Å². The van der Waals surface area contributed by atoms with Crippen molar-refractivity contribution >= 4 is 0 Å². The van der Waals surface area contributed by atoms with Crippen molar-refractivity contribution in [1.29, 1.82) is 0 Å². The lowest BCUT2D eigenvalue weighted by atomic mass is 9.87. The summed E-state index contributed by atoms with van der Waals surface area (Å²) in [4.78, 5) is 2.26. The van der Waals surface area contributed by atoms with Gasteiger partial charge < -0.3 is 10.0 Å². The second-order valence-corrected chi connectivity index (χ2v) is 3.59. The van der Waals surface area contributed by atoms with Gasteiger partial charge in [0.1, 0.15) is 0 Å². The van der Waals surface area contributed by atoms with Gasteiger partial charge in [0.2, 0.25) is 0 Å². The maximum Gasteiger partial charge on any atom is 0.0852 e. The van der Waals surface area contributed by atoms with Crippen LogP contribution in [0.4, 0.5) is 0 Å². The molecule has 0 bridgehead atoms. The van der Waals surface area contributed by atoms with Crippen LogP contribution in [-0.4, -0.2) is 35.2 Å². The second kappa shape index (κ2) is 2.95. The van der Waals surface area contributed by atoms with Gasteiger partial charge in [0.25, 0.3) is 0 Å². The number of hydrogen-bond donors (Lipinski definition) is 1. The number of likely N-dealkylation sites (tertiary alicyclic amines) is 1. The average Bonchev–Trinajstić information content (AvgIpc) is 1.98. The lowest BCUT2D eigenvalue weighted by Crippen LogP contribution is -2.46. The summed E-state index contributed by atoms with van der Waals surface area (Å²) in [5.74, 6) is 0. The van der Waals surface area contributed by atoms with Gasteiger partial charge >= 0.3 is 0 Å². The van der Waals surface area contributed by atoms with Crippen LogP contribution in [0.1, 0.15) is 19.8 Å². The molecule has 0 saturated carbocycles. The number of piperidine rings is 1. The van der Waals surface area contributed by atoms with Gasteiger partial charge in [-0.25, -0.2) is 0 Å². The fraction of sp³-hybridized carbons (Fsp3) is 0.778. The minimum absolute atomic E-state index is 0.465. The zero-order chi connectivity index (χ0) is 8.48. The summed E-state index contributed by atoms with van der Waals surface area (Å²) < 4.78 is 0. The Morgan fingerprint density at radius 2 is 2.36 bits per heavy atom. The zero-order valence-electron chi connectivity index (χ0n) is 7.38. The van der Waals surface area contributed by atoms with Crippen molar-refractivity contribution in [3.8, 4) is 0 Å². The van der Waals surface area contributed by atoms with E-state index in [1.54, 1.807) is 6.08 Å². The van der Waals surface area contributed by atoms with Gasteiger partial charge in [0.15, 0.2) is 0 Å². The first-order valence-electron chi connectivity index (χ1n) is 4.13. The van der Waals surface area contributed by atoms with E-state index in [1.165, 1.54) is 0 Å². The topological polar surface area (TPSA) is 23.5 Å². The summed E-state index contributed by atoms with van der Waals surface area (Å²) in [6.07, 6.45) is 3.31. The predicted octanol–water partition coefficient (Wildman–Crippen LogP) is 1.02. The molecule has 2 heteroatoms. The molecule has 2 atom stereocenters. The number of rotatable bonds is 1. The van der Waals surface area contributed by atoms with Crippen molar-refractivity contribution in [3.63, 3.8) is 0 Å². The van der Waals surface area contributed by atoms with Crippen LogP contribution in [0.25, 0.3) is 0 Å². The van der Waals surface area contributed by atoms with E-state index in [2.05, 4.69) is 25.5 Å². The molecule has 11 heavy (non-hydrogen) atoms.